The van der Waals surface area contributed by atoms with Gasteiger partial charge >= 0.3 is 5.30 Å². The SMILES string of the molecule is COC[C@]1(O)CC[C@H]2[C@@H]3CCC4=CC(=O)CCC4=C3[C@@H](c3ccc(/C=N/OC(=O)SC)cc3)C[C@@]21C. The molecule has 5 atom stereocenters. The summed E-state index contributed by atoms with van der Waals surface area (Å²) in [7, 11) is 1.68. The van der Waals surface area contributed by atoms with Crippen molar-refractivity contribution in [3.8, 4) is 0 Å². The second kappa shape index (κ2) is 9.92. The molecule has 2 fully saturated rings. The van der Waals surface area contributed by atoms with Gasteiger partial charge < -0.3 is 14.7 Å². The summed E-state index contributed by atoms with van der Waals surface area (Å²) in [4.78, 5) is 28.3. The number of nitrogens with zero attached hydrogens (tertiary/aromatic N) is 1. The first-order valence-electron chi connectivity index (χ1n) is 12.9. The largest absolute Gasteiger partial charge is 0.393 e. The molecule has 0 aromatic heterocycles. The number of benzene rings is 1. The van der Waals surface area contributed by atoms with Gasteiger partial charge in [0, 0.05) is 24.9 Å². The molecule has 0 saturated heterocycles. The minimum Gasteiger partial charge on any atom is -0.387 e. The molecule has 1 aromatic carbocycles. The molecule has 192 valence electrons. The van der Waals surface area contributed by atoms with Crippen molar-refractivity contribution in [3.63, 3.8) is 0 Å². The van der Waals surface area contributed by atoms with Gasteiger partial charge in [-0.15, -0.1) is 0 Å². The van der Waals surface area contributed by atoms with Gasteiger partial charge in [0.15, 0.2) is 5.78 Å². The number of ketones is 1. The molecule has 0 spiro atoms. The minimum atomic E-state index is -0.840. The third-order valence-electron chi connectivity index (χ3n) is 9.27. The van der Waals surface area contributed by atoms with Crippen molar-refractivity contribution in [2.24, 2.45) is 22.4 Å². The molecule has 1 N–H and O–H groups in total. The van der Waals surface area contributed by atoms with E-state index in [1.165, 1.54) is 22.3 Å². The Morgan fingerprint density at radius 1 is 1.22 bits per heavy atom. The first-order valence-corrected chi connectivity index (χ1v) is 14.1. The molecular weight excluding hydrogens is 474 g/mol. The Bertz CT molecular complexity index is 1140. The number of aliphatic hydroxyl groups is 1. The lowest BCUT2D eigenvalue weighted by atomic mass is 9.51. The Labute approximate surface area is 217 Å². The van der Waals surface area contributed by atoms with Crippen LogP contribution in [0.15, 0.2) is 52.2 Å². The molecule has 0 radical (unpaired) electrons. The number of hydrogen-bond donors (Lipinski definition) is 1. The van der Waals surface area contributed by atoms with Crippen LogP contribution in [0.2, 0.25) is 0 Å². The zero-order valence-electron chi connectivity index (χ0n) is 21.3. The second-order valence-electron chi connectivity index (χ2n) is 10.9. The van der Waals surface area contributed by atoms with E-state index in [1.54, 1.807) is 19.6 Å². The van der Waals surface area contributed by atoms with Gasteiger partial charge in [0.1, 0.15) is 0 Å². The smallest absolute Gasteiger partial charge is 0.387 e. The molecule has 1 aromatic rings. The molecular formula is C29H35NO5S. The molecule has 2 saturated carbocycles. The number of allylic oxidation sites excluding steroid dienone is 4. The molecule has 0 aliphatic heterocycles. The molecule has 7 heteroatoms. The van der Waals surface area contributed by atoms with Gasteiger partial charge in [0.05, 0.1) is 18.4 Å². The van der Waals surface area contributed by atoms with E-state index in [2.05, 4.69) is 24.2 Å². The number of methoxy groups -OCH3 is 1. The first kappa shape index (κ1) is 25.4. The molecule has 5 rings (SSSR count). The average Bonchev–Trinajstić information content (AvgIpc) is 3.13. The van der Waals surface area contributed by atoms with Crippen molar-refractivity contribution < 1.29 is 24.3 Å². The number of thioether (sulfide) groups is 1. The van der Waals surface area contributed by atoms with Crippen molar-refractivity contribution in [3.05, 3.63) is 58.2 Å². The van der Waals surface area contributed by atoms with Crippen molar-refractivity contribution in [2.45, 2.75) is 63.4 Å². The highest BCUT2D eigenvalue weighted by atomic mass is 32.2. The van der Waals surface area contributed by atoms with E-state index < -0.39 is 10.9 Å². The van der Waals surface area contributed by atoms with Crippen molar-refractivity contribution >= 4 is 29.1 Å². The van der Waals surface area contributed by atoms with Gasteiger partial charge in [-0.25, -0.2) is 4.79 Å². The van der Waals surface area contributed by atoms with Gasteiger partial charge in [-0.3, -0.25) is 4.79 Å². The Morgan fingerprint density at radius 3 is 2.72 bits per heavy atom. The van der Waals surface area contributed by atoms with Gasteiger partial charge in [0.25, 0.3) is 0 Å². The summed E-state index contributed by atoms with van der Waals surface area (Å²) >= 11 is 0.976. The topological polar surface area (TPSA) is 85.2 Å². The van der Waals surface area contributed by atoms with E-state index in [0.29, 0.717) is 24.9 Å². The molecule has 4 aliphatic rings. The predicted molar refractivity (Wildman–Crippen MR) is 141 cm³/mol. The lowest BCUT2D eigenvalue weighted by molar-refractivity contribution is -0.128. The Morgan fingerprint density at radius 2 is 2.00 bits per heavy atom. The fraction of sp³-hybridized carbons (Fsp3) is 0.552. The summed E-state index contributed by atoms with van der Waals surface area (Å²) in [5.74, 6) is 1.23. The summed E-state index contributed by atoms with van der Waals surface area (Å²) < 4.78 is 5.54. The summed E-state index contributed by atoms with van der Waals surface area (Å²) in [6.45, 7) is 2.63. The van der Waals surface area contributed by atoms with Crippen molar-refractivity contribution in [1.82, 2.24) is 0 Å². The lowest BCUT2D eigenvalue weighted by Gasteiger charge is -2.54. The number of hydrogen-bond acceptors (Lipinski definition) is 7. The quantitative estimate of drug-likeness (QED) is 0.307. The maximum absolute atomic E-state index is 12.2. The summed E-state index contributed by atoms with van der Waals surface area (Å²) in [6, 6.07) is 8.26. The summed E-state index contributed by atoms with van der Waals surface area (Å²) in [5.41, 5.74) is 5.11. The maximum Gasteiger partial charge on any atom is 0.393 e. The molecule has 0 heterocycles. The van der Waals surface area contributed by atoms with Crippen LogP contribution < -0.4 is 0 Å². The number of rotatable bonds is 5. The zero-order chi connectivity index (χ0) is 25.5. The highest BCUT2D eigenvalue weighted by Crippen LogP contribution is 2.66. The van der Waals surface area contributed by atoms with Crippen LogP contribution in [0.25, 0.3) is 0 Å². The molecule has 4 aliphatic carbocycles. The van der Waals surface area contributed by atoms with Crippen molar-refractivity contribution in [2.75, 3.05) is 20.0 Å². The zero-order valence-corrected chi connectivity index (χ0v) is 22.1. The third kappa shape index (κ3) is 4.29. The van der Waals surface area contributed by atoms with Crippen LogP contribution in [0.3, 0.4) is 0 Å². The van der Waals surface area contributed by atoms with E-state index in [4.69, 9.17) is 9.57 Å². The molecule has 6 nitrogen and oxygen atoms in total. The van der Waals surface area contributed by atoms with E-state index in [0.717, 1.165) is 55.9 Å². The maximum atomic E-state index is 12.2. The van der Waals surface area contributed by atoms with E-state index >= 15 is 0 Å². The number of fused-ring (bicyclic) bond motifs is 4. The number of carbonyl (C=O) groups is 2. The molecule has 0 unspecified atom stereocenters. The van der Waals surface area contributed by atoms with Crippen LogP contribution in [-0.4, -0.2) is 48.0 Å². The Balaban J connectivity index is 1.54. The van der Waals surface area contributed by atoms with E-state index in [9.17, 15) is 14.7 Å². The lowest BCUT2D eigenvalue weighted by Crippen LogP contribution is -2.53. The summed E-state index contributed by atoms with van der Waals surface area (Å²) in [5, 5.41) is 15.2. The van der Waals surface area contributed by atoms with Gasteiger partial charge in [-0.2, -0.15) is 0 Å². The van der Waals surface area contributed by atoms with Gasteiger partial charge in [0.2, 0.25) is 0 Å². The normalized spacial score (nSPS) is 33.7. The second-order valence-corrected chi connectivity index (χ2v) is 11.7. The van der Waals surface area contributed by atoms with E-state index in [1.807, 2.05) is 18.2 Å². The summed E-state index contributed by atoms with van der Waals surface area (Å²) in [6.07, 6.45) is 11.1. The standard InChI is InChI=1S/C29H35NO5S/c1-28-15-24(19-6-4-18(5-7-19)16-30-35-27(32)36-3)26-22-11-9-21(31)14-20(22)8-10-23(26)25(28)12-13-29(28,33)17-34-2/h4-7,14,16,23-25,33H,8-13,15,17H2,1-3H3/b30-16+/t23-,24+,25-,28-,29+/m0/s1. The van der Waals surface area contributed by atoms with E-state index in [-0.39, 0.29) is 17.1 Å². The molecule has 0 amide bonds. The first-order chi connectivity index (χ1) is 17.3. The van der Waals surface area contributed by atoms with Crippen LogP contribution in [0.5, 0.6) is 0 Å². The Kier molecular flexibility index (Phi) is 7.01. The predicted octanol–water partition coefficient (Wildman–Crippen LogP) is 5.80. The Hall–Kier alpha value is -2.22. The molecule has 0 bridgehead atoms. The van der Waals surface area contributed by atoms with Crippen LogP contribution in [-0.2, 0) is 14.4 Å². The van der Waals surface area contributed by atoms with Crippen LogP contribution in [0.4, 0.5) is 4.79 Å². The number of ether oxygens (including phenoxy) is 1. The third-order valence-corrected chi connectivity index (χ3v) is 9.68. The highest BCUT2D eigenvalue weighted by molar-refractivity contribution is 8.12. The minimum absolute atomic E-state index is 0.171. The molecule has 36 heavy (non-hydrogen) atoms. The fourth-order valence-corrected chi connectivity index (χ4v) is 7.63. The van der Waals surface area contributed by atoms with Crippen molar-refractivity contribution in [1.29, 1.82) is 0 Å². The van der Waals surface area contributed by atoms with Crippen LogP contribution in [0.1, 0.15) is 68.9 Å². The number of carbonyl (C=O) groups excluding carboxylic acids is 2. The average molecular weight is 510 g/mol. The van der Waals surface area contributed by atoms with Gasteiger partial charge in [-0.1, -0.05) is 41.9 Å². The van der Waals surface area contributed by atoms with Crippen LogP contribution >= 0.6 is 11.8 Å². The highest BCUT2D eigenvalue weighted by Gasteiger charge is 2.62. The number of oxime groups is 1. The van der Waals surface area contributed by atoms with Crippen LogP contribution in [0, 0.1) is 17.3 Å². The van der Waals surface area contributed by atoms with Gasteiger partial charge in [-0.05, 0) is 96.7 Å². The fourth-order valence-electron chi connectivity index (χ4n) is 7.51. The monoisotopic (exact) mass is 509 g/mol.